The second-order valence-electron chi connectivity index (χ2n) is 14.0. The van der Waals surface area contributed by atoms with E-state index < -0.39 is 24.2 Å². The number of nitrogens with one attached hydrogen (secondary N) is 1. The fourth-order valence-electron chi connectivity index (χ4n) is 5.78. The average molecular weight is 721 g/mol. The summed E-state index contributed by atoms with van der Waals surface area (Å²) in [5.41, 5.74) is 2.76. The maximum Gasteiger partial charge on any atom is 0.238 e. The van der Waals surface area contributed by atoms with Gasteiger partial charge in [0.15, 0.2) is 14.1 Å². The van der Waals surface area contributed by atoms with Gasteiger partial charge in [0.1, 0.15) is 22.9 Å². The molecule has 1 saturated heterocycles. The van der Waals surface area contributed by atoms with E-state index in [1.807, 2.05) is 34.9 Å². The van der Waals surface area contributed by atoms with Crippen molar-refractivity contribution in [3.8, 4) is 22.8 Å². The number of fused-ring (bicyclic) bond motifs is 2. The minimum Gasteiger partial charge on any atom is -0.494 e. The molecule has 5 aromatic rings. The molecular formula is C36H45FN6O5SSi. The fraction of sp³-hybridized carbons (Fsp3) is 0.417. The van der Waals surface area contributed by atoms with Crippen LogP contribution >= 0.6 is 0 Å². The third-order valence-electron chi connectivity index (χ3n) is 9.51. The summed E-state index contributed by atoms with van der Waals surface area (Å²) in [6.45, 7) is 15.3. The summed E-state index contributed by atoms with van der Waals surface area (Å²) in [6.07, 6.45) is 0.408. The Morgan fingerprint density at radius 1 is 1.02 bits per heavy atom. The molecule has 3 aromatic carbocycles. The Bertz CT molecular complexity index is 2150. The first-order valence-electron chi connectivity index (χ1n) is 16.9. The average Bonchev–Trinajstić information content (AvgIpc) is 3.45. The smallest absolute Gasteiger partial charge is 0.238 e. The van der Waals surface area contributed by atoms with Crippen molar-refractivity contribution in [3.05, 3.63) is 66.2 Å². The molecule has 0 radical (unpaired) electrons. The standard InChI is InChI=1S/C36H45FN6O5SSi/c1-8-20-49(44,45)41-28-14-11-12-25(32(28)37)24-21-26-33(30(22-24)46-5)39-35(40-34(26)42-16-18-47-19-17-42)43-29-15-10-9-13-27(29)38-31(43)23-48-50(6,7)36(2,3)4/h9-15,21-22,41H,8,16-20,23H2,1-7H3. The van der Waals surface area contributed by atoms with Crippen molar-refractivity contribution < 1.29 is 26.7 Å². The van der Waals surface area contributed by atoms with Gasteiger partial charge in [-0.1, -0.05) is 52.0 Å². The predicted octanol–water partition coefficient (Wildman–Crippen LogP) is 7.29. The molecule has 14 heteroatoms. The molecule has 2 aromatic heterocycles. The summed E-state index contributed by atoms with van der Waals surface area (Å²) in [5, 5.41) is 0.668. The molecule has 6 rings (SSSR count). The van der Waals surface area contributed by atoms with Crippen molar-refractivity contribution in [1.82, 2.24) is 19.5 Å². The number of nitrogens with zero attached hydrogens (tertiary/aromatic N) is 5. The summed E-state index contributed by atoms with van der Waals surface area (Å²) >= 11 is 0. The number of ether oxygens (including phenoxy) is 2. The zero-order valence-electron chi connectivity index (χ0n) is 29.7. The molecule has 266 valence electrons. The highest BCUT2D eigenvalue weighted by Gasteiger charge is 2.37. The van der Waals surface area contributed by atoms with E-state index in [1.165, 1.54) is 6.07 Å². The van der Waals surface area contributed by atoms with Crippen LogP contribution in [0.25, 0.3) is 39.0 Å². The lowest BCUT2D eigenvalue weighted by molar-refractivity contribution is 0.122. The van der Waals surface area contributed by atoms with Crippen molar-refractivity contribution in [2.75, 3.05) is 48.8 Å². The lowest BCUT2D eigenvalue weighted by Gasteiger charge is -2.36. The van der Waals surface area contributed by atoms with Crippen LogP contribution in [0.3, 0.4) is 0 Å². The normalized spacial score (nSPS) is 14.4. The summed E-state index contributed by atoms with van der Waals surface area (Å²) in [5.74, 6) is 1.35. The Balaban J connectivity index is 1.55. The summed E-state index contributed by atoms with van der Waals surface area (Å²) in [4.78, 5) is 17.4. The Morgan fingerprint density at radius 3 is 2.46 bits per heavy atom. The van der Waals surface area contributed by atoms with E-state index >= 15 is 4.39 Å². The van der Waals surface area contributed by atoms with Gasteiger partial charge in [-0.05, 0) is 60.4 Å². The van der Waals surface area contributed by atoms with Crippen molar-refractivity contribution in [2.45, 2.75) is 58.9 Å². The van der Waals surface area contributed by atoms with Crippen LogP contribution in [0.4, 0.5) is 15.9 Å². The summed E-state index contributed by atoms with van der Waals surface area (Å²) in [7, 11) is -4.29. The van der Waals surface area contributed by atoms with Crippen molar-refractivity contribution in [3.63, 3.8) is 0 Å². The van der Waals surface area contributed by atoms with Gasteiger partial charge >= 0.3 is 0 Å². The lowest BCUT2D eigenvalue weighted by Crippen LogP contribution is -2.40. The van der Waals surface area contributed by atoms with E-state index in [-0.39, 0.29) is 28.6 Å². The van der Waals surface area contributed by atoms with Crippen LogP contribution in [-0.2, 0) is 25.8 Å². The Morgan fingerprint density at radius 2 is 1.76 bits per heavy atom. The SMILES string of the molecule is CCCS(=O)(=O)Nc1cccc(-c2cc(OC)c3nc(-n4c(CO[Si](C)(C)C(C)(C)C)nc5ccccc54)nc(N4CCOCC4)c3c2)c1F. The monoisotopic (exact) mass is 720 g/mol. The Hall–Kier alpha value is -4.11. The van der Waals surface area contributed by atoms with Crippen LogP contribution < -0.4 is 14.4 Å². The van der Waals surface area contributed by atoms with E-state index in [1.54, 1.807) is 32.2 Å². The van der Waals surface area contributed by atoms with E-state index in [9.17, 15) is 8.42 Å². The first-order chi connectivity index (χ1) is 23.7. The molecule has 1 aliphatic heterocycles. The number of hydrogen-bond acceptors (Lipinski definition) is 9. The Labute approximate surface area is 294 Å². The maximum atomic E-state index is 16.0. The second kappa shape index (κ2) is 13.9. The molecule has 50 heavy (non-hydrogen) atoms. The quantitative estimate of drug-likeness (QED) is 0.140. The largest absolute Gasteiger partial charge is 0.494 e. The van der Waals surface area contributed by atoms with Crippen LogP contribution in [0.2, 0.25) is 18.1 Å². The van der Waals surface area contributed by atoms with E-state index in [2.05, 4.69) is 43.5 Å². The van der Waals surface area contributed by atoms with Gasteiger partial charge in [-0.15, -0.1) is 0 Å². The van der Waals surface area contributed by atoms with Gasteiger partial charge in [-0.25, -0.2) is 22.8 Å². The van der Waals surface area contributed by atoms with E-state index in [0.29, 0.717) is 72.5 Å². The molecule has 3 heterocycles. The molecule has 0 unspecified atom stereocenters. The highest BCUT2D eigenvalue weighted by molar-refractivity contribution is 7.92. The molecule has 0 spiro atoms. The number of morpholine rings is 1. The molecule has 0 saturated carbocycles. The van der Waals surface area contributed by atoms with Crippen LogP contribution in [0.5, 0.6) is 5.75 Å². The van der Waals surface area contributed by atoms with Crippen LogP contribution in [0.1, 0.15) is 39.9 Å². The number of benzene rings is 3. The molecule has 1 aliphatic rings. The topological polar surface area (TPSA) is 121 Å². The van der Waals surface area contributed by atoms with Gasteiger partial charge in [0.25, 0.3) is 0 Å². The first-order valence-corrected chi connectivity index (χ1v) is 21.4. The number of methoxy groups -OCH3 is 1. The zero-order valence-corrected chi connectivity index (χ0v) is 31.5. The van der Waals surface area contributed by atoms with E-state index in [4.69, 9.17) is 28.9 Å². The summed E-state index contributed by atoms with van der Waals surface area (Å²) in [6, 6.07) is 16.1. The number of para-hydroxylation sites is 2. The number of rotatable bonds is 11. The minimum atomic E-state index is -3.71. The number of halogens is 1. The molecule has 0 aliphatic carbocycles. The van der Waals surface area contributed by atoms with Crippen molar-refractivity contribution in [2.24, 2.45) is 0 Å². The number of sulfonamides is 1. The van der Waals surface area contributed by atoms with Gasteiger partial charge in [-0.3, -0.25) is 9.29 Å². The molecule has 1 fully saturated rings. The number of aromatic nitrogens is 4. The zero-order chi connectivity index (χ0) is 35.8. The van der Waals surface area contributed by atoms with Crippen molar-refractivity contribution in [1.29, 1.82) is 0 Å². The molecule has 1 N–H and O–H groups in total. The highest BCUT2D eigenvalue weighted by Crippen LogP contribution is 2.40. The molecule has 11 nitrogen and oxygen atoms in total. The highest BCUT2D eigenvalue weighted by atomic mass is 32.2. The maximum absolute atomic E-state index is 16.0. The third kappa shape index (κ3) is 7.07. The lowest BCUT2D eigenvalue weighted by atomic mass is 10.0. The van der Waals surface area contributed by atoms with Crippen LogP contribution in [-0.4, -0.2) is 75.4 Å². The first kappa shape index (κ1) is 35.7. The minimum absolute atomic E-state index is 0.0106. The van der Waals surface area contributed by atoms with Gasteiger partial charge in [0, 0.05) is 24.0 Å². The number of hydrogen-bond donors (Lipinski definition) is 1. The van der Waals surface area contributed by atoms with Gasteiger partial charge in [0.05, 0.1) is 49.4 Å². The van der Waals surface area contributed by atoms with Gasteiger partial charge < -0.3 is 18.8 Å². The predicted molar refractivity (Wildman–Crippen MR) is 199 cm³/mol. The molecule has 0 amide bonds. The fourth-order valence-corrected chi connectivity index (χ4v) is 7.83. The third-order valence-corrected chi connectivity index (χ3v) is 15.5. The van der Waals surface area contributed by atoms with Crippen LogP contribution in [0.15, 0.2) is 54.6 Å². The van der Waals surface area contributed by atoms with Crippen LogP contribution in [0, 0.1) is 5.82 Å². The van der Waals surface area contributed by atoms with Gasteiger partial charge in [0.2, 0.25) is 16.0 Å². The Kier molecular flexibility index (Phi) is 9.92. The molecule has 0 bridgehead atoms. The number of imidazole rings is 1. The van der Waals surface area contributed by atoms with Crippen molar-refractivity contribution >= 4 is 51.8 Å². The van der Waals surface area contributed by atoms with E-state index in [0.717, 1.165) is 11.0 Å². The number of anilines is 2. The molecule has 0 atom stereocenters. The summed E-state index contributed by atoms with van der Waals surface area (Å²) < 4.78 is 63.7. The van der Waals surface area contributed by atoms with Gasteiger partial charge in [-0.2, -0.15) is 4.98 Å². The second-order valence-corrected chi connectivity index (χ2v) is 20.7. The molecular weight excluding hydrogens is 676 g/mol.